The Kier molecular flexibility index (Phi) is 6.36. The fraction of sp³-hybridized carbons (Fsp3) is 0.600. The zero-order valence-electron chi connectivity index (χ0n) is 15.5. The molecule has 3 rings (SSSR count). The van der Waals surface area contributed by atoms with E-state index >= 15 is 0 Å². The molecule has 3 amide bonds. The van der Waals surface area contributed by atoms with Gasteiger partial charge in [0.15, 0.2) is 0 Å². The number of rotatable bonds is 5. The van der Waals surface area contributed by atoms with E-state index in [-0.39, 0.29) is 18.0 Å². The molecule has 1 saturated heterocycles. The number of nitrogens with one attached hydrogen (secondary N) is 2. The second-order valence-corrected chi connectivity index (χ2v) is 7.26. The summed E-state index contributed by atoms with van der Waals surface area (Å²) < 4.78 is 5.12. The first-order valence-electron chi connectivity index (χ1n) is 9.67. The molecule has 1 atom stereocenters. The van der Waals surface area contributed by atoms with Gasteiger partial charge in [0.05, 0.1) is 7.11 Å². The van der Waals surface area contributed by atoms with Crippen molar-refractivity contribution in [2.45, 2.75) is 51.0 Å². The molecule has 6 nitrogen and oxygen atoms in total. The van der Waals surface area contributed by atoms with Crippen molar-refractivity contribution in [3.63, 3.8) is 0 Å². The van der Waals surface area contributed by atoms with Gasteiger partial charge in [-0.3, -0.25) is 4.79 Å². The summed E-state index contributed by atoms with van der Waals surface area (Å²) in [7, 11) is 1.61. The lowest BCUT2D eigenvalue weighted by Crippen LogP contribution is -2.48. The first-order valence-corrected chi connectivity index (χ1v) is 9.67. The molecule has 1 aromatic rings. The number of benzene rings is 1. The minimum absolute atomic E-state index is 0.0158. The van der Waals surface area contributed by atoms with Crippen LogP contribution < -0.4 is 15.4 Å². The van der Waals surface area contributed by atoms with Gasteiger partial charge in [0.2, 0.25) is 5.91 Å². The van der Waals surface area contributed by atoms with E-state index in [2.05, 4.69) is 10.6 Å². The average Bonchev–Trinajstić information content (AvgIpc) is 3.17. The standard InChI is InChI=1S/C20H29N3O3/c1-26-17-11-9-16(10-12-17)22-20(25)23-13-5-8-18(23)19(24)21-14-15-6-3-2-4-7-15/h9-12,15,18H,2-8,13-14H2,1H3,(H,21,24)(H,22,25)/t18-/m1/s1. The van der Waals surface area contributed by atoms with Gasteiger partial charge in [0.1, 0.15) is 11.8 Å². The maximum absolute atomic E-state index is 12.6. The topological polar surface area (TPSA) is 70.7 Å². The van der Waals surface area contributed by atoms with Crippen LogP contribution in [0.3, 0.4) is 0 Å². The number of methoxy groups -OCH3 is 1. The summed E-state index contributed by atoms with van der Waals surface area (Å²) in [6.07, 6.45) is 7.83. The molecule has 1 heterocycles. The lowest BCUT2D eigenvalue weighted by molar-refractivity contribution is -0.124. The maximum Gasteiger partial charge on any atom is 0.322 e. The molecule has 26 heavy (non-hydrogen) atoms. The highest BCUT2D eigenvalue weighted by atomic mass is 16.5. The lowest BCUT2D eigenvalue weighted by atomic mass is 9.89. The van der Waals surface area contributed by atoms with Gasteiger partial charge < -0.3 is 20.3 Å². The van der Waals surface area contributed by atoms with Gasteiger partial charge in [-0.2, -0.15) is 0 Å². The van der Waals surface area contributed by atoms with Crippen LogP contribution >= 0.6 is 0 Å². The van der Waals surface area contributed by atoms with E-state index in [0.29, 0.717) is 18.2 Å². The van der Waals surface area contributed by atoms with Crippen LogP contribution in [0.1, 0.15) is 44.9 Å². The van der Waals surface area contributed by atoms with Crippen LogP contribution in [0, 0.1) is 5.92 Å². The van der Waals surface area contributed by atoms with Gasteiger partial charge in [0.25, 0.3) is 0 Å². The third kappa shape index (κ3) is 4.68. The van der Waals surface area contributed by atoms with Gasteiger partial charge in [-0.05, 0) is 55.9 Å². The summed E-state index contributed by atoms with van der Waals surface area (Å²) in [5.41, 5.74) is 0.698. The normalized spacial score (nSPS) is 20.7. The van der Waals surface area contributed by atoms with Crippen molar-refractivity contribution in [2.75, 3.05) is 25.5 Å². The average molecular weight is 359 g/mol. The van der Waals surface area contributed by atoms with E-state index in [4.69, 9.17) is 4.74 Å². The number of anilines is 1. The summed E-state index contributed by atoms with van der Waals surface area (Å²) >= 11 is 0. The minimum Gasteiger partial charge on any atom is -0.497 e. The molecule has 0 aromatic heterocycles. The largest absolute Gasteiger partial charge is 0.497 e. The van der Waals surface area contributed by atoms with E-state index in [9.17, 15) is 9.59 Å². The number of ether oxygens (including phenoxy) is 1. The highest BCUT2D eigenvalue weighted by molar-refractivity contribution is 5.94. The Morgan fingerprint density at radius 3 is 2.50 bits per heavy atom. The van der Waals surface area contributed by atoms with E-state index in [1.807, 2.05) is 0 Å². The van der Waals surface area contributed by atoms with Crippen LogP contribution in [-0.2, 0) is 4.79 Å². The summed E-state index contributed by atoms with van der Waals surface area (Å²) in [5, 5.41) is 5.96. The second kappa shape index (κ2) is 8.92. The number of urea groups is 1. The molecular weight excluding hydrogens is 330 g/mol. The summed E-state index contributed by atoms with van der Waals surface area (Å²) in [6, 6.07) is 6.61. The van der Waals surface area contributed by atoms with Crippen molar-refractivity contribution >= 4 is 17.6 Å². The lowest BCUT2D eigenvalue weighted by Gasteiger charge is -2.26. The van der Waals surface area contributed by atoms with Gasteiger partial charge >= 0.3 is 6.03 Å². The number of carbonyl (C=O) groups excluding carboxylic acids is 2. The third-order valence-corrected chi connectivity index (χ3v) is 5.45. The van der Waals surface area contributed by atoms with Crippen LogP contribution in [-0.4, -0.2) is 43.1 Å². The van der Waals surface area contributed by atoms with Gasteiger partial charge in [-0.1, -0.05) is 19.3 Å². The summed E-state index contributed by atoms with van der Waals surface area (Å²) in [5.74, 6) is 1.32. The van der Waals surface area contributed by atoms with Crippen LogP contribution in [0.2, 0.25) is 0 Å². The quantitative estimate of drug-likeness (QED) is 0.846. The Morgan fingerprint density at radius 2 is 1.81 bits per heavy atom. The molecule has 2 aliphatic rings. The molecule has 0 bridgehead atoms. The first-order chi connectivity index (χ1) is 12.7. The molecule has 1 saturated carbocycles. The highest BCUT2D eigenvalue weighted by Crippen LogP contribution is 2.24. The number of likely N-dealkylation sites (tertiary alicyclic amines) is 1. The van der Waals surface area contributed by atoms with E-state index < -0.39 is 0 Å². The van der Waals surface area contributed by atoms with E-state index in [1.54, 1.807) is 36.3 Å². The molecule has 0 spiro atoms. The second-order valence-electron chi connectivity index (χ2n) is 7.26. The van der Waals surface area contributed by atoms with Crippen molar-refractivity contribution in [1.82, 2.24) is 10.2 Å². The van der Waals surface area contributed by atoms with Crippen LogP contribution in [0.25, 0.3) is 0 Å². The number of amides is 3. The SMILES string of the molecule is COc1ccc(NC(=O)N2CCC[C@@H]2C(=O)NCC2CCCCC2)cc1. The van der Waals surface area contributed by atoms with Crippen molar-refractivity contribution in [1.29, 1.82) is 0 Å². The Morgan fingerprint density at radius 1 is 1.08 bits per heavy atom. The first kappa shape index (κ1) is 18.5. The zero-order chi connectivity index (χ0) is 18.4. The fourth-order valence-electron chi connectivity index (χ4n) is 3.91. The molecule has 1 aliphatic heterocycles. The Bertz CT molecular complexity index is 611. The molecule has 2 fully saturated rings. The van der Waals surface area contributed by atoms with Crippen LogP contribution in [0.15, 0.2) is 24.3 Å². The zero-order valence-corrected chi connectivity index (χ0v) is 15.5. The fourth-order valence-corrected chi connectivity index (χ4v) is 3.91. The summed E-state index contributed by atoms with van der Waals surface area (Å²) in [6.45, 7) is 1.35. The molecule has 1 aliphatic carbocycles. The number of carbonyl (C=O) groups is 2. The number of hydrogen-bond donors (Lipinski definition) is 2. The van der Waals surface area contributed by atoms with Crippen LogP contribution in [0.5, 0.6) is 5.75 Å². The predicted molar refractivity (Wildman–Crippen MR) is 101 cm³/mol. The Hall–Kier alpha value is -2.24. The minimum atomic E-state index is -0.364. The highest BCUT2D eigenvalue weighted by Gasteiger charge is 2.34. The molecule has 0 radical (unpaired) electrons. The molecule has 1 aromatic carbocycles. The predicted octanol–water partition coefficient (Wildman–Crippen LogP) is 3.39. The molecule has 2 N–H and O–H groups in total. The van der Waals surface area contributed by atoms with Crippen molar-refractivity contribution in [2.24, 2.45) is 5.92 Å². The van der Waals surface area contributed by atoms with E-state index in [1.165, 1.54) is 32.1 Å². The maximum atomic E-state index is 12.6. The van der Waals surface area contributed by atoms with Gasteiger partial charge in [0, 0.05) is 18.8 Å². The number of nitrogens with zero attached hydrogens (tertiary/aromatic N) is 1. The van der Waals surface area contributed by atoms with Gasteiger partial charge in [-0.15, -0.1) is 0 Å². The third-order valence-electron chi connectivity index (χ3n) is 5.45. The molecular formula is C20H29N3O3. The smallest absolute Gasteiger partial charge is 0.322 e. The van der Waals surface area contributed by atoms with Crippen molar-refractivity contribution in [3.8, 4) is 5.75 Å². The molecule has 142 valence electrons. The monoisotopic (exact) mass is 359 g/mol. The summed E-state index contributed by atoms with van der Waals surface area (Å²) in [4.78, 5) is 26.8. The van der Waals surface area contributed by atoms with Crippen molar-refractivity contribution in [3.05, 3.63) is 24.3 Å². The Balaban J connectivity index is 1.52. The molecule has 0 unspecified atom stereocenters. The Labute approximate surface area is 155 Å². The number of hydrogen-bond acceptors (Lipinski definition) is 3. The van der Waals surface area contributed by atoms with E-state index in [0.717, 1.165) is 25.1 Å². The van der Waals surface area contributed by atoms with Crippen LogP contribution in [0.4, 0.5) is 10.5 Å². The van der Waals surface area contributed by atoms with Gasteiger partial charge in [-0.25, -0.2) is 4.79 Å². The van der Waals surface area contributed by atoms with Crippen molar-refractivity contribution < 1.29 is 14.3 Å². The molecule has 6 heteroatoms.